The first-order valence-electron chi connectivity index (χ1n) is 8.34. The summed E-state index contributed by atoms with van der Waals surface area (Å²) in [5, 5.41) is 3.17. The first kappa shape index (κ1) is 21.1. The zero-order valence-electron chi connectivity index (χ0n) is 14.5. The topological polar surface area (TPSA) is 58.6 Å². The Kier molecular flexibility index (Phi) is 7.12. The molecule has 1 saturated heterocycles. The Morgan fingerprint density at radius 2 is 2.00 bits per heavy atom. The van der Waals surface area contributed by atoms with Crippen LogP contribution in [-0.2, 0) is 9.59 Å². The Morgan fingerprint density at radius 3 is 2.63 bits per heavy atom. The summed E-state index contributed by atoms with van der Waals surface area (Å²) >= 11 is 5.75. The summed E-state index contributed by atoms with van der Waals surface area (Å²) in [5.74, 6) is -0.985. The highest BCUT2D eigenvalue weighted by atomic mass is 35.5. The molecule has 27 heavy (non-hydrogen) atoms. The third kappa shape index (κ3) is 7.13. The molecule has 0 bridgehead atoms. The summed E-state index contributed by atoms with van der Waals surface area (Å²) < 4.78 is 42.6. The van der Waals surface area contributed by atoms with Crippen LogP contribution in [0.1, 0.15) is 19.3 Å². The molecule has 2 rings (SSSR count). The van der Waals surface area contributed by atoms with Gasteiger partial charge in [-0.25, -0.2) is 0 Å². The Hall–Kier alpha value is -2.22. The van der Waals surface area contributed by atoms with Crippen LogP contribution in [0.3, 0.4) is 0 Å². The van der Waals surface area contributed by atoms with E-state index in [1.807, 2.05) is 0 Å². The number of nitrogens with zero attached hydrogens (tertiary/aromatic N) is 1. The molecular formula is C18H20ClF3N2O3. The molecule has 1 aliphatic rings. The quantitative estimate of drug-likeness (QED) is 0.721. The second kappa shape index (κ2) is 9.12. The van der Waals surface area contributed by atoms with Crippen LogP contribution in [0.25, 0.3) is 0 Å². The van der Waals surface area contributed by atoms with Gasteiger partial charge in [-0.05, 0) is 30.2 Å². The second-order valence-electron chi connectivity index (χ2n) is 6.30. The second-order valence-corrected chi connectivity index (χ2v) is 6.74. The molecular weight excluding hydrogens is 385 g/mol. The summed E-state index contributed by atoms with van der Waals surface area (Å²) in [4.78, 5) is 24.9. The fourth-order valence-electron chi connectivity index (χ4n) is 2.76. The van der Waals surface area contributed by atoms with Gasteiger partial charge in [0.1, 0.15) is 5.75 Å². The van der Waals surface area contributed by atoms with Crippen LogP contribution in [-0.4, -0.2) is 42.6 Å². The van der Waals surface area contributed by atoms with Gasteiger partial charge in [-0.15, -0.1) is 0 Å². The Bertz CT molecular complexity index is 692. The molecule has 2 amide bonds. The molecule has 5 nitrogen and oxygen atoms in total. The highest BCUT2D eigenvalue weighted by molar-refractivity contribution is 6.30. The van der Waals surface area contributed by atoms with Gasteiger partial charge in [0, 0.05) is 43.1 Å². The molecule has 1 aliphatic heterocycles. The van der Waals surface area contributed by atoms with Crippen LogP contribution < -0.4 is 10.1 Å². The fraction of sp³-hybridized carbons (Fsp3) is 0.444. The third-order valence-electron chi connectivity index (χ3n) is 4.03. The zero-order valence-corrected chi connectivity index (χ0v) is 15.3. The van der Waals surface area contributed by atoms with E-state index in [1.54, 1.807) is 24.3 Å². The summed E-state index contributed by atoms with van der Waals surface area (Å²) in [7, 11) is 0. The first-order chi connectivity index (χ1) is 12.6. The predicted octanol–water partition coefficient (Wildman–Crippen LogP) is 3.54. The zero-order chi connectivity index (χ0) is 20.0. The third-order valence-corrected chi connectivity index (χ3v) is 4.28. The Balaban J connectivity index is 1.68. The first-order valence-corrected chi connectivity index (χ1v) is 8.72. The van der Waals surface area contributed by atoms with Crippen molar-refractivity contribution in [3.05, 3.63) is 41.6 Å². The van der Waals surface area contributed by atoms with Gasteiger partial charge in [-0.3, -0.25) is 9.59 Å². The van der Waals surface area contributed by atoms with Gasteiger partial charge in [0.2, 0.25) is 5.91 Å². The summed E-state index contributed by atoms with van der Waals surface area (Å²) in [6.45, 7) is 3.76. The normalized spacial score (nSPS) is 17.1. The number of halogens is 4. The maximum absolute atomic E-state index is 12.5. The highest BCUT2D eigenvalue weighted by Crippen LogP contribution is 2.32. The van der Waals surface area contributed by atoms with Gasteiger partial charge in [-0.1, -0.05) is 18.2 Å². The molecule has 1 N–H and O–H groups in total. The Morgan fingerprint density at radius 1 is 1.33 bits per heavy atom. The van der Waals surface area contributed by atoms with Crippen molar-refractivity contribution < 1.29 is 27.5 Å². The van der Waals surface area contributed by atoms with E-state index in [1.165, 1.54) is 4.90 Å². The average Bonchev–Trinajstić information content (AvgIpc) is 2.92. The molecule has 0 aromatic heterocycles. The maximum atomic E-state index is 12.5. The van der Waals surface area contributed by atoms with Crippen LogP contribution in [0.2, 0.25) is 5.02 Å². The van der Waals surface area contributed by atoms with Crippen molar-refractivity contribution in [1.29, 1.82) is 0 Å². The largest absolute Gasteiger partial charge is 0.484 e. The lowest BCUT2D eigenvalue weighted by molar-refractivity contribution is -0.143. The minimum absolute atomic E-state index is 0.00476. The van der Waals surface area contributed by atoms with Crippen molar-refractivity contribution in [3.63, 3.8) is 0 Å². The number of amides is 2. The molecule has 148 valence electrons. The van der Waals surface area contributed by atoms with E-state index < -0.39 is 18.5 Å². The molecule has 1 heterocycles. The van der Waals surface area contributed by atoms with E-state index in [-0.39, 0.29) is 44.4 Å². The van der Waals surface area contributed by atoms with Crippen LogP contribution in [0.4, 0.5) is 13.2 Å². The monoisotopic (exact) mass is 404 g/mol. The van der Waals surface area contributed by atoms with E-state index in [9.17, 15) is 22.8 Å². The summed E-state index contributed by atoms with van der Waals surface area (Å²) in [6, 6.07) is 6.54. The van der Waals surface area contributed by atoms with E-state index in [0.29, 0.717) is 16.5 Å². The van der Waals surface area contributed by atoms with Crippen molar-refractivity contribution in [2.75, 3.05) is 19.7 Å². The molecule has 1 aromatic carbocycles. The molecule has 0 saturated carbocycles. The van der Waals surface area contributed by atoms with Crippen LogP contribution in [0, 0.1) is 5.92 Å². The van der Waals surface area contributed by atoms with Gasteiger partial charge in [0.15, 0.2) is 6.61 Å². The minimum Gasteiger partial charge on any atom is -0.484 e. The van der Waals surface area contributed by atoms with E-state index in [0.717, 1.165) is 0 Å². The van der Waals surface area contributed by atoms with Crippen molar-refractivity contribution in [2.45, 2.75) is 25.4 Å². The number of carbonyl (C=O) groups is 2. The molecule has 0 spiro atoms. The maximum Gasteiger partial charge on any atom is 0.389 e. The van der Waals surface area contributed by atoms with E-state index in [2.05, 4.69) is 11.9 Å². The van der Waals surface area contributed by atoms with Gasteiger partial charge >= 0.3 is 6.18 Å². The number of nitrogens with one attached hydrogen (secondary N) is 1. The number of hydrogen-bond acceptors (Lipinski definition) is 3. The van der Waals surface area contributed by atoms with Crippen molar-refractivity contribution in [1.82, 2.24) is 10.2 Å². The number of rotatable bonds is 8. The molecule has 0 radical (unpaired) electrons. The molecule has 1 atom stereocenters. The fourth-order valence-corrected chi connectivity index (χ4v) is 2.89. The Labute approximate surface area is 160 Å². The predicted molar refractivity (Wildman–Crippen MR) is 94.2 cm³/mol. The minimum atomic E-state index is -4.29. The average molecular weight is 405 g/mol. The van der Waals surface area contributed by atoms with Crippen LogP contribution >= 0.6 is 11.6 Å². The number of hydrogen-bond donors (Lipinski definition) is 1. The van der Waals surface area contributed by atoms with Crippen molar-refractivity contribution in [3.8, 4) is 5.75 Å². The van der Waals surface area contributed by atoms with E-state index in [4.69, 9.17) is 16.3 Å². The van der Waals surface area contributed by atoms with Crippen molar-refractivity contribution in [2.24, 2.45) is 5.92 Å². The standard InChI is InChI=1S/C18H20ClF3N2O3/c1-12(24-10-13(8-17(24)26)9-18(20,21)22)6-7-23-16(25)11-27-15-4-2-14(19)3-5-15/h2-5,13H,1,6-11H2,(H,23,25). The molecule has 9 heteroatoms. The lowest BCUT2D eigenvalue weighted by atomic mass is 10.0. The van der Waals surface area contributed by atoms with E-state index >= 15 is 0 Å². The van der Waals surface area contributed by atoms with Gasteiger partial charge in [-0.2, -0.15) is 13.2 Å². The summed E-state index contributed by atoms with van der Waals surface area (Å²) in [6.07, 6.45) is -5.15. The number of likely N-dealkylation sites (tertiary alicyclic amines) is 1. The van der Waals surface area contributed by atoms with Crippen molar-refractivity contribution >= 4 is 23.4 Å². The lowest BCUT2D eigenvalue weighted by Crippen LogP contribution is -2.32. The van der Waals surface area contributed by atoms with Gasteiger partial charge in [0.25, 0.3) is 5.91 Å². The molecule has 0 aliphatic carbocycles. The number of alkyl halides is 3. The number of benzene rings is 1. The van der Waals surface area contributed by atoms with Crippen LogP contribution in [0.15, 0.2) is 36.5 Å². The summed E-state index contributed by atoms with van der Waals surface area (Å²) in [5.41, 5.74) is 0.392. The molecule has 1 fully saturated rings. The smallest absolute Gasteiger partial charge is 0.389 e. The molecule has 1 aromatic rings. The SMILES string of the molecule is C=C(CCNC(=O)COc1ccc(Cl)cc1)N1CC(CC(F)(F)F)CC1=O. The molecule has 1 unspecified atom stereocenters. The number of carbonyl (C=O) groups excluding carboxylic acids is 2. The highest BCUT2D eigenvalue weighted by Gasteiger charge is 2.39. The van der Waals surface area contributed by atoms with Crippen LogP contribution in [0.5, 0.6) is 5.75 Å². The lowest BCUT2D eigenvalue weighted by Gasteiger charge is -2.20. The number of ether oxygens (including phenoxy) is 1. The van der Waals surface area contributed by atoms with Gasteiger partial charge < -0.3 is 15.0 Å². The van der Waals surface area contributed by atoms with Gasteiger partial charge in [0.05, 0.1) is 0 Å².